The Morgan fingerprint density at radius 3 is 2.50 bits per heavy atom. The number of thiazole rings is 1. The maximum atomic E-state index is 4.40. The zero-order valence-electron chi connectivity index (χ0n) is 7.33. The van der Waals surface area contributed by atoms with Crippen LogP contribution in [0.2, 0.25) is 0 Å². The van der Waals surface area contributed by atoms with Crippen LogP contribution in [0.4, 0.5) is 0 Å². The smallest absolute Gasteiger partial charge is 0.0955 e. The summed E-state index contributed by atoms with van der Waals surface area (Å²) in [6.07, 6.45) is 10.4. The third-order valence-electron chi connectivity index (χ3n) is 2.66. The number of rotatable bonds is 1. The predicted octanol–water partition coefficient (Wildman–Crippen LogP) is 3.58. The van der Waals surface area contributed by atoms with Gasteiger partial charge in [-0.1, -0.05) is 25.7 Å². The van der Waals surface area contributed by atoms with E-state index >= 15 is 0 Å². The van der Waals surface area contributed by atoms with Crippen LogP contribution in [-0.2, 0) is 0 Å². The van der Waals surface area contributed by atoms with Crippen molar-refractivity contribution >= 4 is 11.3 Å². The summed E-state index contributed by atoms with van der Waals surface area (Å²) in [5.41, 5.74) is 0. The standard InChI is InChI=1S/C10H15NS/c1-2-4-6-9(5-3-1)10-11-7-8-12-10/h7-9H,1-6H2. The molecular formula is C10H15NS. The lowest BCUT2D eigenvalue weighted by molar-refractivity contribution is 0.589. The second kappa shape index (κ2) is 4.04. The van der Waals surface area contributed by atoms with Gasteiger partial charge in [-0.2, -0.15) is 0 Å². The van der Waals surface area contributed by atoms with Gasteiger partial charge in [-0.05, 0) is 12.8 Å². The van der Waals surface area contributed by atoms with Gasteiger partial charge in [-0.25, -0.2) is 4.98 Å². The molecule has 1 nitrogen and oxygen atoms in total. The van der Waals surface area contributed by atoms with Gasteiger partial charge >= 0.3 is 0 Å². The van der Waals surface area contributed by atoms with Crippen LogP contribution in [0.3, 0.4) is 0 Å². The average molecular weight is 181 g/mol. The molecule has 2 rings (SSSR count). The first-order valence-electron chi connectivity index (χ1n) is 4.86. The van der Waals surface area contributed by atoms with Crippen molar-refractivity contribution in [1.82, 2.24) is 4.98 Å². The van der Waals surface area contributed by atoms with E-state index in [1.54, 1.807) is 0 Å². The Balaban J connectivity index is 2.02. The zero-order chi connectivity index (χ0) is 8.23. The summed E-state index contributed by atoms with van der Waals surface area (Å²) in [6.45, 7) is 0. The van der Waals surface area contributed by atoms with Crippen molar-refractivity contribution < 1.29 is 0 Å². The number of hydrogen-bond acceptors (Lipinski definition) is 2. The number of nitrogens with zero attached hydrogens (tertiary/aromatic N) is 1. The molecule has 12 heavy (non-hydrogen) atoms. The number of aromatic nitrogens is 1. The second-order valence-corrected chi connectivity index (χ2v) is 4.48. The van der Waals surface area contributed by atoms with Crippen LogP contribution in [-0.4, -0.2) is 4.98 Å². The van der Waals surface area contributed by atoms with Crippen LogP contribution in [0, 0.1) is 0 Å². The van der Waals surface area contributed by atoms with Crippen LogP contribution in [0.1, 0.15) is 49.5 Å². The molecule has 1 aromatic rings. The predicted molar refractivity (Wildman–Crippen MR) is 52.6 cm³/mol. The molecule has 1 saturated carbocycles. The highest BCUT2D eigenvalue weighted by Crippen LogP contribution is 2.32. The SMILES string of the molecule is c1csc(C2CCCCCC2)n1. The maximum absolute atomic E-state index is 4.40. The molecule has 1 aromatic heterocycles. The summed E-state index contributed by atoms with van der Waals surface area (Å²) in [5, 5.41) is 3.47. The van der Waals surface area contributed by atoms with Gasteiger partial charge in [-0.3, -0.25) is 0 Å². The van der Waals surface area contributed by atoms with E-state index < -0.39 is 0 Å². The minimum atomic E-state index is 0.785. The van der Waals surface area contributed by atoms with Crippen molar-refractivity contribution in [2.45, 2.75) is 44.4 Å². The highest BCUT2D eigenvalue weighted by atomic mass is 32.1. The average Bonchev–Trinajstić information content (AvgIpc) is 2.48. The molecule has 1 aliphatic carbocycles. The quantitative estimate of drug-likeness (QED) is 0.603. The fourth-order valence-electron chi connectivity index (χ4n) is 1.96. The third kappa shape index (κ3) is 1.86. The van der Waals surface area contributed by atoms with E-state index in [2.05, 4.69) is 10.4 Å². The Hall–Kier alpha value is -0.370. The lowest BCUT2D eigenvalue weighted by Gasteiger charge is -2.09. The molecule has 0 atom stereocenters. The molecule has 0 amide bonds. The van der Waals surface area contributed by atoms with Crippen LogP contribution < -0.4 is 0 Å². The Labute approximate surface area is 77.8 Å². The van der Waals surface area contributed by atoms with Crippen molar-refractivity contribution in [1.29, 1.82) is 0 Å². The second-order valence-electron chi connectivity index (χ2n) is 3.56. The van der Waals surface area contributed by atoms with E-state index in [0.29, 0.717) is 0 Å². The van der Waals surface area contributed by atoms with E-state index in [1.807, 2.05) is 17.5 Å². The van der Waals surface area contributed by atoms with Gasteiger partial charge in [-0.15, -0.1) is 11.3 Å². The molecule has 1 aliphatic rings. The summed E-state index contributed by atoms with van der Waals surface area (Å²) >= 11 is 1.83. The molecule has 0 aliphatic heterocycles. The molecule has 0 spiro atoms. The lowest BCUT2D eigenvalue weighted by atomic mass is 10.0. The highest BCUT2D eigenvalue weighted by Gasteiger charge is 2.15. The maximum Gasteiger partial charge on any atom is 0.0955 e. The van der Waals surface area contributed by atoms with Crippen molar-refractivity contribution in [3.05, 3.63) is 16.6 Å². The van der Waals surface area contributed by atoms with Crippen LogP contribution in [0.15, 0.2) is 11.6 Å². The summed E-state index contributed by atoms with van der Waals surface area (Å²) in [4.78, 5) is 4.40. The van der Waals surface area contributed by atoms with Crippen LogP contribution in [0.5, 0.6) is 0 Å². The Morgan fingerprint density at radius 1 is 1.17 bits per heavy atom. The molecule has 2 heteroatoms. The fourth-order valence-corrected chi connectivity index (χ4v) is 2.77. The highest BCUT2D eigenvalue weighted by molar-refractivity contribution is 7.09. The summed E-state index contributed by atoms with van der Waals surface area (Å²) in [7, 11) is 0. The Morgan fingerprint density at radius 2 is 1.92 bits per heavy atom. The van der Waals surface area contributed by atoms with Gasteiger partial charge in [0.05, 0.1) is 5.01 Å². The first-order valence-corrected chi connectivity index (χ1v) is 5.74. The van der Waals surface area contributed by atoms with Crippen LogP contribution >= 0.6 is 11.3 Å². The van der Waals surface area contributed by atoms with E-state index in [4.69, 9.17) is 0 Å². The van der Waals surface area contributed by atoms with Crippen molar-refractivity contribution in [3.63, 3.8) is 0 Å². The largest absolute Gasteiger partial charge is 0.249 e. The van der Waals surface area contributed by atoms with Gasteiger partial charge in [0.25, 0.3) is 0 Å². The summed E-state index contributed by atoms with van der Waals surface area (Å²) < 4.78 is 0. The van der Waals surface area contributed by atoms with Crippen molar-refractivity contribution in [2.24, 2.45) is 0 Å². The molecule has 0 radical (unpaired) electrons. The molecule has 66 valence electrons. The van der Waals surface area contributed by atoms with Crippen molar-refractivity contribution in [2.75, 3.05) is 0 Å². The molecule has 1 fully saturated rings. The monoisotopic (exact) mass is 181 g/mol. The lowest BCUT2D eigenvalue weighted by Crippen LogP contribution is -1.95. The zero-order valence-corrected chi connectivity index (χ0v) is 8.15. The first kappa shape index (κ1) is 8.24. The van der Waals surface area contributed by atoms with Gasteiger partial charge in [0.1, 0.15) is 0 Å². The Bertz CT molecular complexity index is 210. The minimum absolute atomic E-state index is 0.785. The summed E-state index contributed by atoms with van der Waals surface area (Å²) in [5.74, 6) is 0.785. The fraction of sp³-hybridized carbons (Fsp3) is 0.700. The molecule has 0 saturated heterocycles. The van der Waals surface area contributed by atoms with Crippen molar-refractivity contribution in [3.8, 4) is 0 Å². The molecule has 0 bridgehead atoms. The topological polar surface area (TPSA) is 12.9 Å². The van der Waals surface area contributed by atoms with Crippen LogP contribution in [0.25, 0.3) is 0 Å². The van der Waals surface area contributed by atoms with E-state index in [9.17, 15) is 0 Å². The summed E-state index contributed by atoms with van der Waals surface area (Å²) in [6, 6.07) is 0. The normalized spacial score (nSPS) is 20.7. The van der Waals surface area contributed by atoms with Gasteiger partial charge in [0.15, 0.2) is 0 Å². The molecular weight excluding hydrogens is 166 g/mol. The Kier molecular flexibility index (Phi) is 2.77. The van der Waals surface area contributed by atoms with Gasteiger partial charge in [0.2, 0.25) is 0 Å². The van der Waals surface area contributed by atoms with E-state index in [0.717, 1.165) is 5.92 Å². The van der Waals surface area contributed by atoms with E-state index in [1.165, 1.54) is 43.5 Å². The minimum Gasteiger partial charge on any atom is -0.249 e. The first-order chi connectivity index (χ1) is 5.97. The van der Waals surface area contributed by atoms with E-state index in [-0.39, 0.29) is 0 Å². The number of hydrogen-bond donors (Lipinski definition) is 0. The molecule has 0 N–H and O–H groups in total. The molecule has 1 heterocycles. The molecule has 0 aromatic carbocycles. The van der Waals surface area contributed by atoms with Gasteiger partial charge < -0.3 is 0 Å². The third-order valence-corrected chi connectivity index (χ3v) is 3.59. The molecule has 0 unspecified atom stereocenters. The van der Waals surface area contributed by atoms with Gasteiger partial charge in [0, 0.05) is 17.5 Å².